The Hall–Kier alpha value is -1.36. The third-order valence-corrected chi connectivity index (χ3v) is 4.12. The average molecular weight is 312 g/mol. The Balaban J connectivity index is 2.61. The van der Waals surface area contributed by atoms with Crippen LogP contribution >= 0.6 is 0 Å². The number of carbonyl (C=O) groups is 1. The number of aromatic carboxylic acids is 1. The van der Waals surface area contributed by atoms with Crippen LogP contribution in [0, 0.1) is 0 Å². The molecule has 0 saturated carbocycles. The topological polar surface area (TPSA) is 71.4 Å². The summed E-state index contributed by atoms with van der Waals surface area (Å²) in [5.41, 5.74) is 1.49. The monoisotopic (exact) mass is 312 g/mol. The maximum atomic E-state index is 11.1. The number of thiol groups is 1. The zero-order valence-corrected chi connectivity index (χ0v) is 13.4. The highest BCUT2D eigenvalue weighted by Gasteiger charge is 2.11. The summed E-state index contributed by atoms with van der Waals surface area (Å²) in [6.45, 7) is 2.19. The minimum Gasteiger partial charge on any atom is -0.478 e. The highest BCUT2D eigenvalue weighted by molar-refractivity contribution is 7.71. The van der Waals surface area contributed by atoms with Crippen LogP contribution in [0.15, 0.2) is 18.2 Å². The van der Waals surface area contributed by atoms with Gasteiger partial charge >= 0.3 is 5.97 Å². The molecule has 0 aliphatic carbocycles. The van der Waals surface area contributed by atoms with E-state index in [1.54, 1.807) is 12.1 Å². The van der Waals surface area contributed by atoms with E-state index in [9.17, 15) is 13.2 Å². The zero-order chi connectivity index (χ0) is 15.7. The summed E-state index contributed by atoms with van der Waals surface area (Å²) in [5, 5.41) is 9.07. The van der Waals surface area contributed by atoms with Crippen molar-refractivity contribution in [2.24, 2.45) is 0 Å². The van der Waals surface area contributed by atoms with Crippen molar-refractivity contribution >= 4 is 16.7 Å². The van der Waals surface area contributed by atoms with Crippen LogP contribution in [0.2, 0.25) is 0 Å². The van der Waals surface area contributed by atoms with Gasteiger partial charge in [-0.05, 0) is 30.0 Å². The molecule has 0 aromatic heterocycles. The molecule has 0 spiro atoms. The summed E-state index contributed by atoms with van der Waals surface area (Å²) >= 11 is 0. The first-order valence-corrected chi connectivity index (χ1v) is 8.87. The van der Waals surface area contributed by atoms with Crippen LogP contribution in [-0.2, 0) is 22.9 Å². The van der Waals surface area contributed by atoms with E-state index in [-0.39, 0.29) is 11.3 Å². The Morgan fingerprint density at radius 2 is 1.76 bits per heavy atom. The number of unbranched alkanes of at least 4 members (excludes halogenated alkanes) is 5. The van der Waals surface area contributed by atoms with E-state index in [1.165, 1.54) is 31.7 Å². The lowest BCUT2D eigenvalue weighted by molar-refractivity contribution is 0.0696. The van der Waals surface area contributed by atoms with Crippen LogP contribution in [0.25, 0.3) is 0 Å². The van der Waals surface area contributed by atoms with E-state index in [1.807, 2.05) is 0 Å². The largest absolute Gasteiger partial charge is 0.478 e. The molecule has 0 bridgehead atoms. The molecule has 1 N–H and O–H groups in total. The van der Waals surface area contributed by atoms with E-state index in [0.29, 0.717) is 5.56 Å². The van der Waals surface area contributed by atoms with Gasteiger partial charge in [0.25, 0.3) is 0 Å². The van der Waals surface area contributed by atoms with E-state index in [4.69, 9.17) is 5.11 Å². The molecule has 0 aliphatic rings. The van der Waals surface area contributed by atoms with Crippen molar-refractivity contribution in [3.8, 4) is 0 Å². The fourth-order valence-electron chi connectivity index (χ4n) is 2.39. The first-order chi connectivity index (χ1) is 10.0. The van der Waals surface area contributed by atoms with E-state index >= 15 is 0 Å². The second-order valence-electron chi connectivity index (χ2n) is 5.31. The first kappa shape index (κ1) is 17.7. The molecule has 0 aliphatic heterocycles. The van der Waals surface area contributed by atoms with Gasteiger partial charge in [-0.1, -0.05) is 51.2 Å². The van der Waals surface area contributed by atoms with Gasteiger partial charge in [-0.3, -0.25) is 0 Å². The molecule has 0 fully saturated rings. The van der Waals surface area contributed by atoms with Gasteiger partial charge in [0.1, 0.15) is 10.7 Å². The normalized spacial score (nSPS) is 11.0. The zero-order valence-electron chi connectivity index (χ0n) is 12.5. The van der Waals surface area contributed by atoms with E-state index < -0.39 is 16.7 Å². The Labute approximate surface area is 128 Å². The molecule has 5 heteroatoms. The van der Waals surface area contributed by atoms with Crippen LogP contribution in [0.1, 0.15) is 66.9 Å². The second kappa shape index (κ2) is 9.55. The Morgan fingerprint density at radius 3 is 2.38 bits per heavy atom. The molecule has 1 rings (SSSR count). The van der Waals surface area contributed by atoms with Crippen molar-refractivity contribution in [2.75, 3.05) is 0 Å². The van der Waals surface area contributed by atoms with Crippen molar-refractivity contribution in [3.63, 3.8) is 0 Å². The molecular weight excluding hydrogens is 288 g/mol. The average Bonchev–Trinajstić information content (AvgIpc) is 2.42. The summed E-state index contributed by atoms with van der Waals surface area (Å²) in [6.07, 6.45) is 8.07. The molecule has 118 valence electrons. The van der Waals surface area contributed by atoms with Gasteiger partial charge in [0.05, 0.1) is 11.3 Å². The van der Waals surface area contributed by atoms with Gasteiger partial charge in [0.2, 0.25) is 0 Å². The molecular formula is C16H24O4S. The standard InChI is InChI=1S/C16H24O4S/c1-2-3-4-5-6-7-8-13-9-10-15(16(17)18)14(11-13)12-21(19)20/h9-11,21H,2-8,12H2,1H3,(H,17,18). The third kappa shape index (κ3) is 6.76. The molecule has 0 saturated heterocycles. The number of hydrogen-bond acceptors (Lipinski definition) is 3. The summed E-state index contributed by atoms with van der Waals surface area (Å²) in [4.78, 5) is 11.1. The predicted octanol–water partition coefficient (Wildman–Crippen LogP) is 3.40. The highest BCUT2D eigenvalue weighted by atomic mass is 32.2. The molecule has 0 amide bonds. The van der Waals surface area contributed by atoms with Crippen molar-refractivity contribution in [3.05, 3.63) is 34.9 Å². The van der Waals surface area contributed by atoms with Gasteiger partial charge in [-0.25, -0.2) is 13.2 Å². The quantitative estimate of drug-likeness (QED) is 0.513. The number of benzene rings is 1. The summed E-state index contributed by atoms with van der Waals surface area (Å²) in [6, 6.07) is 5.03. The summed E-state index contributed by atoms with van der Waals surface area (Å²) in [5.74, 6) is -1.28. The van der Waals surface area contributed by atoms with Gasteiger partial charge in [-0.15, -0.1) is 0 Å². The number of carboxylic acid groups (broad SMARTS) is 1. The molecule has 4 nitrogen and oxygen atoms in total. The van der Waals surface area contributed by atoms with Gasteiger partial charge in [0.15, 0.2) is 0 Å². The van der Waals surface area contributed by atoms with Crippen molar-refractivity contribution < 1.29 is 18.3 Å². The molecule has 1 aromatic rings. The third-order valence-electron chi connectivity index (χ3n) is 3.52. The molecule has 0 radical (unpaired) electrons. The number of rotatable bonds is 10. The van der Waals surface area contributed by atoms with Crippen LogP contribution in [0.3, 0.4) is 0 Å². The van der Waals surface area contributed by atoms with Crippen molar-refractivity contribution in [1.82, 2.24) is 0 Å². The molecule has 1 aromatic carbocycles. The van der Waals surface area contributed by atoms with Crippen molar-refractivity contribution in [2.45, 2.75) is 57.6 Å². The molecule has 0 unspecified atom stereocenters. The fraction of sp³-hybridized carbons (Fsp3) is 0.562. The van der Waals surface area contributed by atoms with Gasteiger partial charge in [0, 0.05) is 0 Å². The van der Waals surface area contributed by atoms with Crippen LogP contribution < -0.4 is 0 Å². The maximum Gasteiger partial charge on any atom is 0.335 e. The Morgan fingerprint density at radius 1 is 1.10 bits per heavy atom. The van der Waals surface area contributed by atoms with Gasteiger partial charge < -0.3 is 5.11 Å². The first-order valence-electron chi connectivity index (χ1n) is 7.51. The number of carboxylic acids is 1. The second-order valence-corrected chi connectivity index (χ2v) is 6.29. The molecule has 0 heterocycles. The Bertz CT molecular complexity index is 527. The fourth-order valence-corrected chi connectivity index (χ4v) is 2.93. The van der Waals surface area contributed by atoms with E-state index in [0.717, 1.165) is 24.8 Å². The van der Waals surface area contributed by atoms with Crippen LogP contribution in [0.4, 0.5) is 0 Å². The van der Waals surface area contributed by atoms with Crippen LogP contribution in [-0.4, -0.2) is 19.5 Å². The molecule has 21 heavy (non-hydrogen) atoms. The summed E-state index contributed by atoms with van der Waals surface area (Å²) in [7, 11) is -2.62. The lowest BCUT2D eigenvalue weighted by atomic mass is 10.0. The highest BCUT2D eigenvalue weighted by Crippen LogP contribution is 2.16. The predicted molar refractivity (Wildman–Crippen MR) is 84.5 cm³/mol. The smallest absolute Gasteiger partial charge is 0.335 e. The van der Waals surface area contributed by atoms with E-state index in [2.05, 4.69) is 6.92 Å². The minimum absolute atomic E-state index is 0.0842. The maximum absolute atomic E-state index is 11.1. The minimum atomic E-state index is -2.62. The number of aryl methyl sites for hydroxylation is 1. The van der Waals surface area contributed by atoms with Crippen molar-refractivity contribution in [1.29, 1.82) is 0 Å². The lowest BCUT2D eigenvalue weighted by Gasteiger charge is -2.07. The SMILES string of the molecule is CCCCCCCCc1ccc(C(=O)O)c(C[SH](=O)=O)c1. The van der Waals surface area contributed by atoms with Crippen LogP contribution in [0.5, 0.6) is 0 Å². The number of hydrogen-bond donors (Lipinski definition) is 2. The molecule has 0 atom stereocenters. The summed E-state index contributed by atoms with van der Waals surface area (Å²) < 4.78 is 21.7. The Kier molecular flexibility index (Phi) is 8.05. The van der Waals surface area contributed by atoms with Gasteiger partial charge in [-0.2, -0.15) is 0 Å². The lowest BCUT2D eigenvalue weighted by Crippen LogP contribution is -2.04.